The van der Waals surface area contributed by atoms with Crippen LogP contribution in [0.15, 0.2) is 30.9 Å². The second kappa shape index (κ2) is 6.30. The predicted molar refractivity (Wildman–Crippen MR) is 84.3 cm³/mol. The Labute approximate surface area is 126 Å². The van der Waals surface area contributed by atoms with Gasteiger partial charge >= 0.3 is 0 Å². The van der Waals surface area contributed by atoms with Gasteiger partial charge in [-0.25, -0.2) is 0 Å². The Hall–Kier alpha value is -0.500. The molecule has 1 saturated heterocycles. The van der Waals surface area contributed by atoms with Crippen molar-refractivity contribution in [3.8, 4) is 0 Å². The lowest BCUT2D eigenvalue weighted by Crippen LogP contribution is -2.31. The molecule has 1 aliphatic heterocycles. The normalized spacial score (nSPS) is 23.7. The number of benzene rings is 1. The number of nitrogens with zero attached hydrogens (tertiary/aromatic N) is 1. The number of halogens is 2. The van der Waals surface area contributed by atoms with Crippen LogP contribution in [0.5, 0.6) is 0 Å². The van der Waals surface area contributed by atoms with E-state index >= 15 is 0 Å². The molecule has 1 aromatic rings. The van der Waals surface area contributed by atoms with Crippen molar-refractivity contribution in [2.24, 2.45) is 0 Å². The summed E-state index contributed by atoms with van der Waals surface area (Å²) in [6.45, 7) is 9.57. The molecule has 1 nitrogen and oxygen atoms in total. The number of rotatable bonds is 5. The van der Waals surface area contributed by atoms with Crippen molar-refractivity contribution in [1.29, 1.82) is 0 Å². The Morgan fingerprint density at radius 3 is 2.79 bits per heavy atom. The lowest BCUT2D eigenvalue weighted by atomic mass is 9.77. The number of hydrogen-bond donors (Lipinski definition) is 0. The van der Waals surface area contributed by atoms with Gasteiger partial charge in [0.1, 0.15) is 0 Å². The molecule has 2 rings (SSSR count). The lowest BCUT2D eigenvalue weighted by molar-refractivity contribution is 0.310. The molecule has 1 fully saturated rings. The molecular weight excluding hydrogens is 277 g/mol. The molecule has 0 aliphatic carbocycles. The summed E-state index contributed by atoms with van der Waals surface area (Å²) < 4.78 is 0. The van der Waals surface area contributed by atoms with Crippen molar-refractivity contribution < 1.29 is 0 Å². The molecule has 0 N–H and O–H groups in total. The van der Waals surface area contributed by atoms with Crippen LogP contribution in [0, 0.1) is 0 Å². The van der Waals surface area contributed by atoms with Crippen LogP contribution in [0.25, 0.3) is 0 Å². The summed E-state index contributed by atoms with van der Waals surface area (Å²) >= 11 is 12.2. The van der Waals surface area contributed by atoms with Crippen LogP contribution in [-0.2, 0) is 5.41 Å². The zero-order valence-electron chi connectivity index (χ0n) is 11.5. The van der Waals surface area contributed by atoms with Gasteiger partial charge in [0.2, 0.25) is 0 Å². The van der Waals surface area contributed by atoms with Crippen molar-refractivity contribution in [3.63, 3.8) is 0 Å². The van der Waals surface area contributed by atoms with Gasteiger partial charge in [0.25, 0.3) is 0 Å². The van der Waals surface area contributed by atoms with E-state index < -0.39 is 0 Å². The molecule has 19 heavy (non-hydrogen) atoms. The molecule has 0 radical (unpaired) electrons. The molecule has 1 heterocycles. The van der Waals surface area contributed by atoms with Crippen molar-refractivity contribution in [2.45, 2.75) is 31.6 Å². The molecular formula is C16H21Cl2N. The third kappa shape index (κ3) is 3.16. The van der Waals surface area contributed by atoms with E-state index in [1.54, 1.807) is 0 Å². The van der Waals surface area contributed by atoms with E-state index in [2.05, 4.69) is 24.5 Å². The lowest BCUT2D eigenvalue weighted by Gasteiger charge is -2.29. The fourth-order valence-corrected chi connectivity index (χ4v) is 3.39. The van der Waals surface area contributed by atoms with Crippen LogP contribution in [0.2, 0.25) is 10.0 Å². The van der Waals surface area contributed by atoms with E-state index in [9.17, 15) is 0 Å². The first-order chi connectivity index (χ1) is 9.11. The second-order valence-corrected chi connectivity index (χ2v) is 6.24. The number of allylic oxidation sites excluding steroid dienone is 1. The fourth-order valence-electron chi connectivity index (χ4n) is 3.09. The maximum Gasteiger partial charge on any atom is 0.0595 e. The molecule has 0 unspecified atom stereocenters. The predicted octanol–water partition coefficient (Wildman–Crippen LogP) is 4.92. The highest BCUT2D eigenvalue weighted by molar-refractivity contribution is 6.42. The highest BCUT2D eigenvalue weighted by Crippen LogP contribution is 2.40. The van der Waals surface area contributed by atoms with Crippen molar-refractivity contribution in [3.05, 3.63) is 46.5 Å². The third-order valence-electron chi connectivity index (χ3n) is 4.04. The molecule has 1 aliphatic rings. The Morgan fingerprint density at radius 1 is 1.37 bits per heavy atom. The van der Waals surface area contributed by atoms with E-state index in [1.807, 2.05) is 18.2 Å². The zero-order chi connectivity index (χ0) is 13.9. The van der Waals surface area contributed by atoms with Gasteiger partial charge in [0.15, 0.2) is 0 Å². The van der Waals surface area contributed by atoms with Crippen molar-refractivity contribution in [1.82, 2.24) is 4.90 Å². The molecule has 0 aromatic heterocycles. The van der Waals surface area contributed by atoms with Gasteiger partial charge in [-0.2, -0.15) is 0 Å². The molecule has 0 bridgehead atoms. The van der Waals surface area contributed by atoms with E-state index in [1.165, 1.54) is 18.5 Å². The summed E-state index contributed by atoms with van der Waals surface area (Å²) in [5, 5.41) is 1.28. The molecule has 1 atom stereocenters. The van der Waals surface area contributed by atoms with Gasteiger partial charge in [0.05, 0.1) is 10.0 Å². The summed E-state index contributed by atoms with van der Waals surface area (Å²) in [4.78, 5) is 2.53. The van der Waals surface area contributed by atoms with Crippen molar-refractivity contribution in [2.75, 3.05) is 19.6 Å². The van der Waals surface area contributed by atoms with E-state index in [4.69, 9.17) is 23.2 Å². The Bertz CT molecular complexity index is 458. The van der Waals surface area contributed by atoms with Crippen LogP contribution < -0.4 is 0 Å². The summed E-state index contributed by atoms with van der Waals surface area (Å²) in [5.74, 6) is 0. The topological polar surface area (TPSA) is 3.24 Å². The molecule has 1 aromatic carbocycles. The van der Waals surface area contributed by atoms with Gasteiger partial charge in [-0.1, -0.05) is 42.3 Å². The molecule has 0 spiro atoms. The third-order valence-corrected chi connectivity index (χ3v) is 4.78. The molecule has 0 saturated carbocycles. The van der Waals surface area contributed by atoms with Gasteiger partial charge in [0, 0.05) is 12.0 Å². The summed E-state index contributed by atoms with van der Waals surface area (Å²) in [6.07, 6.45) is 5.38. The minimum Gasteiger partial charge on any atom is -0.302 e. The summed E-state index contributed by atoms with van der Waals surface area (Å²) in [7, 11) is 0. The van der Waals surface area contributed by atoms with Crippen LogP contribution in [0.1, 0.15) is 31.7 Å². The maximum absolute atomic E-state index is 6.18. The van der Waals surface area contributed by atoms with Crippen LogP contribution >= 0.6 is 23.2 Å². The van der Waals surface area contributed by atoms with Crippen LogP contribution in [0.3, 0.4) is 0 Å². The number of likely N-dealkylation sites (tertiary alicyclic amines) is 1. The highest BCUT2D eigenvalue weighted by Gasteiger charge is 2.38. The van der Waals surface area contributed by atoms with Crippen molar-refractivity contribution >= 4 is 23.2 Å². The summed E-state index contributed by atoms with van der Waals surface area (Å²) in [5.41, 5.74) is 1.45. The molecule has 3 heteroatoms. The first-order valence-corrected chi connectivity index (χ1v) is 7.65. The second-order valence-electron chi connectivity index (χ2n) is 5.43. The first-order valence-electron chi connectivity index (χ1n) is 6.90. The van der Waals surface area contributed by atoms with Crippen LogP contribution in [-0.4, -0.2) is 24.5 Å². The SMILES string of the molecule is C=CC[C@@]1(c2ccc(Cl)c(Cl)c2)CCN(CCC)C1. The highest BCUT2D eigenvalue weighted by atomic mass is 35.5. The summed E-state index contributed by atoms with van der Waals surface area (Å²) in [6, 6.07) is 6.06. The Kier molecular flexibility index (Phi) is 4.94. The van der Waals surface area contributed by atoms with Crippen LogP contribution in [0.4, 0.5) is 0 Å². The molecule has 0 amide bonds. The van der Waals surface area contributed by atoms with E-state index in [0.717, 1.165) is 25.9 Å². The quantitative estimate of drug-likeness (QED) is 0.697. The fraction of sp³-hybridized carbons (Fsp3) is 0.500. The van der Waals surface area contributed by atoms with E-state index in [0.29, 0.717) is 10.0 Å². The zero-order valence-corrected chi connectivity index (χ0v) is 13.0. The minimum atomic E-state index is 0.158. The minimum absolute atomic E-state index is 0.158. The average Bonchev–Trinajstić information content (AvgIpc) is 2.78. The van der Waals surface area contributed by atoms with Gasteiger partial charge in [-0.3, -0.25) is 0 Å². The van der Waals surface area contributed by atoms with E-state index in [-0.39, 0.29) is 5.41 Å². The average molecular weight is 298 g/mol. The first kappa shape index (κ1) is 14.9. The molecule has 104 valence electrons. The monoisotopic (exact) mass is 297 g/mol. The van der Waals surface area contributed by atoms with Gasteiger partial charge in [-0.15, -0.1) is 6.58 Å². The smallest absolute Gasteiger partial charge is 0.0595 e. The number of hydrogen-bond acceptors (Lipinski definition) is 1. The van der Waals surface area contributed by atoms with Gasteiger partial charge in [-0.05, 0) is 50.0 Å². The maximum atomic E-state index is 6.18. The van der Waals surface area contributed by atoms with Gasteiger partial charge < -0.3 is 4.90 Å². The largest absolute Gasteiger partial charge is 0.302 e. The Morgan fingerprint density at radius 2 is 2.16 bits per heavy atom. The Balaban J connectivity index is 2.29. The standard InChI is InChI=1S/C16H21Cl2N/c1-3-7-16(8-10-19(12-16)9-4-2)13-5-6-14(17)15(18)11-13/h3,5-6,11H,1,4,7-10,12H2,2H3/t16-/m1/s1.